The molecule has 1 unspecified atom stereocenters. The van der Waals surface area contributed by atoms with Crippen LogP contribution < -0.4 is 24.0 Å². The highest BCUT2D eigenvalue weighted by atomic mass is 16.7. The maximum Gasteiger partial charge on any atom is 0.300 e. The number of ketones is 1. The number of amides is 1. The minimum atomic E-state index is -0.929. The number of nitrogens with zero attached hydrogens (tertiary/aromatic N) is 3. The summed E-state index contributed by atoms with van der Waals surface area (Å²) in [6.45, 7) is 1.34. The average molecular weight is 471 g/mol. The summed E-state index contributed by atoms with van der Waals surface area (Å²) in [5.74, 6) is -0.110. The first-order chi connectivity index (χ1) is 17.0. The number of carbonyl (C=O) groups excluding carboxylic acids is 2. The molecule has 9 heteroatoms. The van der Waals surface area contributed by atoms with Crippen LogP contribution in [0.2, 0.25) is 0 Å². The lowest BCUT2D eigenvalue weighted by Gasteiger charge is -2.28. The molecule has 6 rings (SSSR count). The van der Waals surface area contributed by atoms with E-state index < -0.39 is 17.7 Å². The number of anilines is 2. The van der Waals surface area contributed by atoms with E-state index in [2.05, 4.69) is 4.98 Å². The Morgan fingerprint density at radius 2 is 1.83 bits per heavy atom. The van der Waals surface area contributed by atoms with Crippen molar-refractivity contribution in [3.63, 3.8) is 0 Å². The number of pyridine rings is 1. The van der Waals surface area contributed by atoms with Crippen molar-refractivity contribution >= 4 is 28.8 Å². The van der Waals surface area contributed by atoms with Crippen LogP contribution in [-0.4, -0.2) is 48.8 Å². The van der Waals surface area contributed by atoms with Gasteiger partial charge >= 0.3 is 0 Å². The number of rotatable bonds is 3. The van der Waals surface area contributed by atoms with Crippen molar-refractivity contribution in [2.24, 2.45) is 0 Å². The molecule has 3 aliphatic rings. The highest BCUT2D eigenvalue weighted by Crippen LogP contribution is 2.45. The Labute approximate surface area is 200 Å². The van der Waals surface area contributed by atoms with Crippen molar-refractivity contribution in [1.82, 2.24) is 4.98 Å². The van der Waals surface area contributed by atoms with Gasteiger partial charge in [-0.15, -0.1) is 0 Å². The van der Waals surface area contributed by atoms with Crippen molar-refractivity contribution in [3.05, 3.63) is 77.6 Å². The number of aliphatic hydroxyl groups excluding tert-OH is 1. The van der Waals surface area contributed by atoms with Crippen LogP contribution in [-0.2, 0) is 9.59 Å². The van der Waals surface area contributed by atoms with Gasteiger partial charge in [0, 0.05) is 30.6 Å². The SMILES string of the molecule is CN1CCOc2ccc(/C(O)=C3/C(=O)C(=O)N(c4ccc5c(c4)OCO5)C3c3ccccn3)cc21. The number of Topliss-reactive ketones (excluding diaryl/α,β-unsaturated/α-hetero) is 1. The molecule has 0 radical (unpaired) electrons. The van der Waals surface area contributed by atoms with Gasteiger partial charge in [0.15, 0.2) is 11.5 Å². The molecule has 0 bridgehead atoms. The second-order valence-corrected chi connectivity index (χ2v) is 8.41. The molecule has 2 aromatic carbocycles. The van der Waals surface area contributed by atoms with Gasteiger partial charge in [-0.1, -0.05) is 6.07 Å². The number of ether oxygens (including phenoxy) is 3. The Morgan fingerprint density at radius 1 is 1.00 bits per heavy atom. The summed E-state index contributed by atoms with van der Waals surface area (Å²) in [5.41, 5.74) is 2.05. The van der Waals surface area contributed by atoms with Gasteiger partial charge in [0.2, 0.25) is 6.79 Å². The van der Waals surface area contributed by atoms with Gasteiger partial charge < -0.3 is 24.2 Å². The average Bonchev–Trinajstić information content (AvgIpc) is 3.46. The summed E-state index contributed by atoms with van der Waals surface area (Å²) >= 11 is 0. The first kappa shape index (κ1) is 21.0. The van der Waals surface area contributed by atoms with Crippen LogP contribution in [0.25, 0.3) is 5.76 Å². The Morgan fingerprint density at radius 3 is 2.66 bits per heavy atom. The molecule has 176 valence electrons. The molecule has 35 heavy (non-hydrogen) atoms. The molecular weight excluding hydrogens is 450 g/mol. The van der Waals surface area contributed by atoms with Gasteiger partial charge in [0.25, 0.3) is 11.7 Å². The predicted octanol–water partition coefficient (Wildman–Crippen LogP) is 3.27. The summed E-state index contributed by atoms with van der Waals surface area (Å²) < 4.78 is 16.5. The summed E-state index contributed by atoms with van der Waals surface area (Å²) in [6, 6.07) is 14.5. The second kappa shape index (κ2) is 8.05. The molecule has 0 aliphatic carbocycles. The number of hydrogen-bond donors (Lipinski definition) is 1. The van der Waals surface area contributed by atoms with E-state index in [1.165, 1.54) is 4.90 Å². The number of fused-ring (bicyclic) bond motifs is 2. The lowest BCUT2D eigenvalue weighted by Crippen LogP contribution is -2.29. The normalized spacial score (nSPS) is 20.1. The third kappa shape index (κ3) is 3.35. The maximum absolute atomic E-state index is 13.3. The molecule has 1 N–H and O–H groups in total. The highest BCUT2D eigenvalue weighted by Gasteiger charge is 2.48. The predicted molar refractivity (Wildman–Crippen MR) is 127 cm³/mol. The van der Waals surface area contributed by atoms with E-state index in [1.807, 2.05) is 11.9 Å². The molecule has 1 saturated heterocycles. The summed E-state index contributed by atoms with van der Waals surface area (Å²) in [5, 5.41) is 11.4. The van der Waals surface area contributed by atoms with Gasteiger partial charge in [0.1, 0.15) is 24.2 Å². The van der Waals surface area contributed by atoms with Gasteiger partial charge in [0.05, 0.1) is 23.5 Å². The third-order valence-electron chi connectivity index (χ3n) is 6.37. The van der Waals surface area contributed by atoms with Crippen molar-refractivity contribution in [2.75, 3.05) is 36.8 Å². The van der Waals surface area contributed by atoms with Gasteiger partial charge in [-0.25, -0.2) is 0 Å². The molecule has 0 spiro atoms. The number of aromatic nitrogens is 1. The lowest BCUT2D eigenvalue weighted by molar-refractivity contribution is -0.132. The van der Waals surface area contributed by atoms with E-state index in [-0.39, 0.29) is 18.1 Å². The molecule has 3 aliphatic heterocycles. The molecule has 1 aromatic heterocycles. The maximum atomic E-state index is 13.3. The molecule has 3 aromatic rings. The van der Waals surface area contributed by atoms with Gasteiger partial charge in [-0.05, 0) is 42.5 Å². The van der Waals surface area contributed by atoms with Gasteiger partial charge in [-0.3, -0.25) is 19.5 Å². The molecular formula is C26H21N3O6. The fourth-order valence-corrected chi connectivity index (χ4v) is 4.60. The Kier molecular flexibility index (Phi) is 4.84. The van der Waals surface area contributed by atoms with E-state index in [9.17, 15) is 14.7 Å². The van der Waals surface area contributed by atoms with E-state index in [0.717, 1.165) is 5.69 Å². The summed E-state index contributed by atoms with van der Waals surface area (Å²) in [4.78, 5) is 34.4. The van der Waals surface area contributed by atoms with Crippen molar-refractivity contribution in [2.45, 2.75) is 6.04 Å². The number of likely N-dealkylation sites (N-methyl/N-ethyl adjacent to an activating group) is 1. The molecule has 4 heterocycles. The molecule has 1 atom stereocenters. The zero-order chi connectivity index (χ0) is 24.1. The van der Waals surface area contributed by atoms with E-state index >= 15 is 0 Å². The zero-order valence-electron chi connectivity index (χ0n) is 18.8. The van der Waals surface area contributed by atoms with Crippen molar-refractivity contribution < 1.29 is 28.9 Å². The first-order valence-corrected chi connectivity index (χ1v) is 11.1. The topological polar surface area (TPSA) is 101 Å². The van der Waals surface area contributed by atoms with Crippen LogP contribution >= 0.6 is 0 Å². The fraction of sp³-hybridized carbons (Fsp3) is 0.192. The van der Waals surface area contributed by atoms with Crippen LogP contribution in [0, 0.1) is 0 Å². The van der Waals surface area contributed by atoms with Gasteiger partial charge in [-0.2, -0.15) is 0 Å². The molecule has 9 nitrogen and oxygen atoms in total. The lowest BCUT2D eigenvalue weighted by atomic mass is 9.97. The molecule has 1 fully saturated rings. The van der Waals surface area contributed by atoms with E-state index in [4.69, 9.17) is 14.2 Å². The quantitative estimate of drug-likeness (QED) is 0.353. The largest absolute Gasteiger partial charge is 0.507 e. The summed E-state index contributed by atoms with van der Waals surface area (Å²) in [7, 11) is 1.93. The minimum Gasteiger partial charge on any atom is -0.507 e. The monoisotopic (exact) mass is 471 g/mol. The van der Waals surface area contributed by atoms with E-state index in [1.54, 1.807) is 60.8 Å². The Balaban J connectivity index is 1.51. The molecule has 1 amide bonds. The highest BCUT2D eigenvalue weighted by molar-refractivity contribution is 6.51. The number of aliphatic hydroxyl groups is 1. The Bertz CT molecular complexity index is 1390. The standard InChI is InChI=1S/C26H21N3O6/c1-28-10-11-33-19-7-5-15(12-18(19)28)24(30)22-23(17-4-2-3-9-27-17)29(26(32)25(22)31)16-6-8-20-21(13-16)35-14-34-20/h2-9,12-13,23,30H,10-11,14H2,1H3/b24-22-. The molecule has 0 saturated carbocycles. The van der Waals surface area contributed by atoms with Crippen LogP contribution in [0.5, 0.6) is 17.2 Å². The van der Waals surface area contributed by atoms with Crippen LogP contribution in [0.3, 0.4) is 0 Å². The Hall–Kier alpha value is -4.53. The van der Waals surface area contributed by atoms with E-state index in [0.29, 0.717) is 47.3 Å². The first-order valence-electron chi connectivity index (χ1n) is 11.1. The minimum absolute atomic E-state index is 0.0364. The van der Waals surface area contributed by atoms with Crippen LogP contribution in [0.4, 0.5) is 11.4 Å². The van der Waals surface area contributed by atoms with Crippen LogP contribution in [0.1, 0.15) is 17.3 Å². The second-order valence-electron chi connectivity index (χ2n) is 8.41. The fourth-order valence-electron chi connectivity index (χ4n) is 4.60. The number of hydrogen-bond acceptors (Lipinski definition) is 8. The van der Waals surface area contributed by atoms with Crippen LogP contribution in [0.15, 0.2) is 66.4 Å². The van der Waals surface area contributed by atoms with Crippen molar-refractivity contribution in [1.29, 1.82) is 0 Å². The smallest absolute Gasteiger partial charge is 0.300 e. The summed E-state index contributed by atoms with van der Waals surface area (Å²) in [6.07, 6.45) is 1.58. The zero-order valence-corrected chi connectivity index (χ0v) is 18.8. The number of carbonyl (C=O) groups is 2. The van der Waals surface area contributed by atoms with Crippen molar-refractivity contribution in [3.8, 4) is 17.2 Å². The third-order valence-corrected chi connectivity index (χ3v) is 6.37. The number of benzene rings is 2.